The topological polar surface area (TPSA) is 237 Å². The number of hydrogen-bond acceptors (Lipinski definition) is 15. The number of carbonyl (C=O) groups excluding carboxylic acids is 4. The number of phosphoric ester groups is 2. The Morgan fingerprint density at radius 3 is 0.674 bits per heavy atom. The highest BCUT2D eigenvalue weighted by atomic mass is 31.2. The minimum atomic E-state index is -4.96. The van der Waals surface area contributed by atoms with Gasteiger partial charge in [-0.3, -0.25) is 37.3 Å². The lowest BCUT2D eigenvalue weighted by atomic mass is 10.0. The van der Waals surface area contributed by atoms with E-state index in [4.69, 9.17) is 37.0 Å². The highest BCUT2D eigenvalue weighted by molar-refractivity contribution is 7.47. The number of unbranched alkanes of at least 4 members (excludes halogenated alkanes) is 36. The molecule has 19 heteroatoms. The quantitative estimate of drug-likeness (QED) is 0.0222. The van der Waals surface area contributed by atoms with Crippen LogP contribution in [0.3, 0.4) is 0 Å². The van der Waals surface area contributed by atoms with E-state index < -0.39 is 97.5 Å². The Hall–Kier alpha value is -1.94. The second-order valence-electron chi connectivity index (χ2n) is 28.2. The zero-order chi connectivity index (χ0) is 68.2. The van der Waals surface area contributed by atoms with Gasteiger partial charge in [0.2, 0.25) is 0 Å². The maximum absolute atomic E-state index is 13.1. The summed E-state index contributed by atoms with van der Waals surface area (Å²) in [5.74, 6) is 0.837. The van der Waals surface area contributed by atoms with Crippen molar-refractivity contribution in [1.29, 1.82) is 0 Å². The second kappa shape index (κ2) is 62.6. The predicted octanol–water partition coefficient (Wildman–Crippen LogP) is 20.9. The Kier molecular flexibility index (Phi) is 61.3. The first kappa shape index (κ1) is 90.1. The summed E-state index contributed by atoms with van der Waals surface area (Å²) in [6.07, 6.45) is 46.1. The molecule has 0 fully saturated rings. The highest BCUT2D eigenvalue weighted by Gasteiger charge is 2.30. The van der Waals surface area contributed by atoms with Crippen molar-refractivity contribution < 1.29 is 80.2 Å². The molecule has 0 bridgehead atoms. The molecule has 3 N–H and O–H groups in total. The molecule has 0 aromatic carbocycles. The number of carbonyl (C=O) groups is 4. The van der Waals surface area contributed by atoms with Gasteiger partial charge < -0.3 is 33.8 Å². The van der Waals surface area contributed by atoms with Crippen molar-refractivity contribution in [2.45, 2.75) is 382 Å². The molecule has 0 saturated carbocycles. The third kappa shape index (κ3) is 66.7. The molecule has 17 nitrogen and oxygen atoms in total. The summed E-state index contributed by atoms with van der Waals surface area (Å²) in [6, 6.07) is 0. The van der Waals surface area contributed by atoms with Gasteiger partial charge in [0.25, 0.3) is 0 Å². The van der Waals surface area contributed by atoms with Gasteiger partial charge in [0, 0.05) is 25.7 Å². The fourth-order valence-electron chi connectivity index (χ4n) is 11.0. The standard InChI is InChI=1S/C73H142O17P2/c1-63(2)49-41-33-25-19-15-13-11-9-10-12-14-16-22-29-39-47-55-72(77)89-68(59-83-70(75)53-45-37-28-21-18-17-20-26-34-42-50-64(3)4)61-87-91(79,80)85-57-67(74)58-86-92(81,82)88-62-69(60-84-71(76)54-46-38-32-31-36-44-52-66(7)8)90-73(78)56-48-40-30-24-23-27-35-43-51-65(5)6/h63-69,74H,9-62H2,1-8H3,(H,79,80)(H,81,82)/t67-,68-,69-/m1/s1. The summed E-state index contributed by atoms with van der Waals surface area (Å²) in [4.78, 5) is 72.6. The monoisotopic (exact) mass is 1350 g/mol. The molecular formula is C73H142O17P2. The van der Waals surface area contributed by atoms with Gasteiger partial charge in [-0.05, 0) is 49.4 Å². The van der Waals surface area contributed by atoms with Crippen LogP contribution in [-0.2, 0) is 65.4 Å². The molecule has 0 amide bonds. The van der Waals surface area contributed by atoms with Crippen molar-refractivity contribution in [3.63, 3.8) is 0 Å². The number of ether oxygens (including phenoxy) is 4. The molecule has 0 aliphatic heterocycles. The van der Waals surface area contributed by atoms with E-state index in [-0.39, 0.29) is 25.7 Å². The lowest BCUT2D eigenvalue weighted by molar-refractivity contribution is -0.161. The third-order valence-electron chi connectivity index (χ3n) is 16.8. The summed E-state index contributed by atoms with van der Waals surface area (Å²) in [6.45, 7) is 14.1. The number of aliphatic hydroxyl groups is 1. The van der Waals surface area contributed by atoms with Crippen LogP contribution in [0.5, 0.6) is 0 Å². The van der Waals surface area contributed by atoms with E-state index in [1.54, 1.807) is 0 Å². The van der Waals surface area contributed by atoms with Crippen LogP contribution in [0.2, 0.25) is 0 Å². The van der Waals surface area contributed by atoms with E-state index in [0.29, 0.717) is 31.6 Å². The van der Waals surface area contributed by atoms with Crippen molar-refractivity contribution in [2.75, 3.05) is 39.6 Å². The molecule has 0 rings (SSSR count). The van der Waals surface area contributed by atoms with E-state index in [9.17, 15) is 43.2 Å². The molecule has 5 atom stereocenters. The van der Waals surface area contributed by atoms with Crippen LogP contribution in [0.1, 0.15) is 364 Å². The minimum Gasteiger partial charge on any atom is -0.462 e. The van der Waals surface area contributed by atoms with Crippen molar-refractivity contribution >= 4 is 39.5 Å². The molecule has 0 aliphatic rings. The number of rotatable bonds is 70. The lowest BCUT2D eigenvalue weighted by Crippen LogP contribution is -2.30. The normalized spacial score (nSPS) is 14.2. The maximum Gasteiger partial charge on any atom is 0.472 e. The summed E-state index contributed by atoms with van der Waals surface area (Å²) < 4.78 is 68.3. The summed E-state index contributed by atoms with van der Waals surface area (Å²) in [5, 5.41) is 10.6. The smallest absolute Gasteiger partial charge is 0.462 e. The molecule has 0 aliphatic carbocycles. The van der Waals surface area contributed by atoms with Crippen LogP contribution < -0.4 is 0 Å². The average Bonchev–Trinajstić information content (AvgIpc) is 1.84. The summed E-state index contributed by atoms with van der Waals surface area (Å²) in [5.41, 5.74) is 0. The van der Waals surface area contributed by atoms with E-state index >= 15 is 0 Å². The molecule has 546 valence electrons. The Labute approximate surface area is 562 Å². The molecule has 92 heavy (non-hydrogen) atoms. The molecule has 2 unspecified atom stereocenters. The average molecular weight is 1350 g/mol. The van der Waals surface area contributed by atoms with Crippen molar-refractivity contribution in [3.05, 3.63) is 0 Å². The Balaban J connectivity index is 5.22. The van der Waals surface area contributed by atoms with Crippen LogP contribution in [0.15, 0.2) is 0 Å². The number of esters is 4. The molecule has 0 aromatic heterocycles. The van der Waals surface area contributed by atoms with Crippen LogP contribution in [0.4, 0.5) is 0 Å². The number of phosphoric acid groups is 2. The SMILES string of the molecule is CC(C)CCCCCCCCCCCCCCCCCCC(=O)O[C@H](COC(=O)CCCCCCCCCCCCC(C)C)COP(=O)(O)OC[C@@H](O)COP(=O)(O)OC[C@@H](COC(=O)CCCCCCCCC(C)C)OC(=O)CCCCCCCCCCC(C)C. The minimum absolute atomic E-state index is 0.103. The lowest BCUT2D eigenvalue weighted by Gasteiger charge is -2.21. The predicted molar refractivity (Wildman–Crippen MR) is 372 cm³/mol. The Bertz CT molecular complexity index is 1820. The zero-order valence-corrected chi connectivity index (χ0v) is 62.0. The van der Waals surface area contributed by atoms with E-state index in [1.165, 1.54) is 161 Å². The van der Waals surface area contributed by atoms with Gasteiger partial charge in [-0.2, -0.15) is 0 Å². The van der Waals surface area contributed by atoms with Gasteiger partial charge in [-0.25, -0.2) is 9.13 Å². The fourth-order valence-corrected chi connectivity index (χ4v) is 12.6. The first-order chi connectivity index (χ1) is 44.1. The number of aliphatic hydroxyl groups excluding tert-OH is 1. The zero-order valence-electron chi connectivity index (χ0n) is 60.2. The van der Waals surface area contributed by atoms with Gasteiger partial charge in [-0.15, -0.1) is 0 Å². The fraction of sp³-hybridized carbons (Fsp3) is 0.945. The highest BCUT2D eigenvalue weighted by Crippen LogP contribution is 2.45. The van der Waals surface area contributed by atoms with Crippen molar-refractivity contribution in [2.24, 2.45) is 23.7 Å². The van der Waals surface area contributed by atoms with Gasteiger partial charge in [0.15, 0.2) is 12.2 Å². The second-order valence-corrected chi connectivity index (χ2v) is 31.1. The first-order valence-corrected chi connectivity index (χ1v) is 40.7. The van der Waals surface area contributed by atoms with Crippen molar-refractivity contribution in [3.8, 4) is 0 Å². The van der Waals surface area contributed by atoms with E-state index in [1.807, 2.05) is 0 Å². The summed E-state index contributed by atoms with van der Waals surface area (Å²) >= 11 is 0. The molecule has 0 saturated heterocycles. The Morgan fingerprint density at radius 2 is 0.457 bits per heavy atom. The van der Waals surface area contributed by atoms with Crippen LogP contribution in [0, 0.1) is 23.7 Å². The van der Waals surface area contributed by atoms with E-state index in [2.05, 4.69) is 55.4 Å². The van der Waals surface area contributed by atoms with Crippen LogP contribution >= 0.6 is 15.6 Å². The molecular weight excluding hydrogens is 1210 g/mol. The number of hydrogen-bond donors (Lipinski definition) is 3. The Morgan fingerprint density at radius 1 is 0.272 bits per heavy atom. The van der Waals surface area contributed by atoms with Gasteiger partial charge in [0.05, 0.1) is 26.4 Å². The third-order valence-corrected chi connectivity index (χ3v) is 18.7. The van der Waals surface area contributed by atoms with Gasteiger partial charge in [-0.1, -0.05) is 312 Å². The van der Waals surface area contributed by atoms with E-state index in [0.717, 1.165) is 114 Å². The molecule has 0 spiro atoms. The van der Waals surface area contributed by atoms with Crippen LogP contribution in [-0.4, -0.2) is 96.7 Å². The molecule has 0 heterocycles. The largest absolute Gasteiger partial charge is 0.472 e. The van der Waals surface area contributed by atoms with Crippen LogP contribution in [0.25, 0.3) is 0 Å². The maximum atomic E-state index is 13.1. The first-order valence-electron chi connectivity index (χ1n) is 37.7. The van der Waals surface area contributed by atoms with Crippen molar-refractivity contribution in [1.82, 2.24) is 0 Å². The van der Waals surface area contributed by atoms with Gasteiger partial charge >= 0.3 is 39.5 Å². The van der Waals surface area contributed by atoms with Gasteiger partial charge in [0.1, 0.15) is 19.3 Å². The molecule has 0 radical (unpaired) electrons. The summed E-state index contributed by atoms with van der Waals surface area (Å²) in [7, 11) is -9.91. The molecule has 0 aromatic rings.